The van der Waals surface area contributed by atoms with Crippen molar-refractivity contribution in [2.45, 2.75) is 29.6 Å². The molecule has 0 saturated carbocycles. The zero-order valence-electron chi connectivity index (χ0n) is 18.4. The summed E-state index contributed by atoms with van der Waals surface area (Å²) in [6, 6.07) is 8.32. The lowest BCUT2D eigenvalue weighted by Gasteiger charge is -2.38. The Balaban J connectivity index is 1.38. The van der Waals surface area contributed by atoms with Crippen molar-refractivity contribution in [1.82, 2.24) is 4.90 Å². The molecule has 0 radical (unpaired) electrons. The molecule has 2 aliphatic heterocycles. The molecule has 1 amide bonds. The summed E-state index contributed by atoms with van der Waals surface area (Å²) < 4.78 is 40.9. The number of likely N-dealkylation sites (tertiary alicyclic amines) is 1. The number of hydrogen-bond acceptors (Lipinski definition) is 5. The number of anilines is 1. The molecular formula is C23H27ClFN3O4S. The highest BCUT2D eigenvalue weighted by Crippen LogP contribution is 2.48. The highest BCUT2D eigenvalue weighted by atomic mass is 35.5. The maximum Gasteiger partial charge on any atom is 0.237 e. The van der Waals surface area contributed by atoms with Crippen molar-refractivity contribution in [3.8, 4) is 5.75 Å². The maximum atomic E-state index is 14.3. The van der Waals surface area contributed by atoms with E-state index in [9.17, 15) is 17.9 Å². The zero-order chi connectivity index (χ0) is 23.8. The summed E-state index contributed by atoms with van der Waals surface area (Å²) in [4.78, 5) is 16.8. The summed E-state index contributed by atoms with van der Waals surface area (Å²) in [5, 5.41) is 0.629. The van der Waals surface area contributed by atoms with Gasteiger partial charge in [-0.1, -0.05) is 11.6 Å². The number of hydrogen-bond donors (Lipinski definition) is 2. The smallest absolute Gasteiger partial charge is 0.237 e. The molecule has 2 heterocycles. The minimum Gasteiger partial charge on any atom is -0.492 e. The van der Waals surface area contributed by atoms with Crippen LogP contribution >= 0.6 is 11.6 Å². The van der Waals surface area contributed by atoms with Gasteiger partial charge in [0.05, 0.1) is 5.41 Å². The van der Waals surface area contributed by atoms with Gasteiger partial charge in [-0.05, 0) is 74.3 Å². The van der Waals surface area contributed by atoms with Crippen LogP contribution in [0, 0.1) is 5.82 Å². The Morgan fingerprint density at radius 2 is 2.00 bits per heavy atom. The lowest BCUT2D eigenvalue weighted by molar-refractivity contribution is -0.124. The van der Waals surface area contributed by atoms with Crippen LogP contribution in [0.3, 0.4) is 0 Å². The summed E-state index contributed by atoms with van der Waals surface area (Å²) >= 11 is 3.79. The van der Waals surface area contributed by atoms with Crippen molar-refractivity contribution in [2.75, 3.05) is 44.7 Å². The minimum absolute atomic E-state index is 0.111. The highest BCUT2D eigenvalue weighted by Gasteiger charge is 2.50. The summed E-state index contributed by atoms with van der Waals surface area (Å²) in [7, 11) is 1.81. The largest absolute Gasteiger partial charge is 0.492 e. The van der Waals surface area contributed by atoms with Gasteiger partial charge in [0, 0.05) is 30.4 Å². The molecular weight excluding hydrogens is 469 g/mol. The molecule has 1 unspecified atom stereocenters. The molecule has 10 heteroatoms. The van der Waals surface area contributed by atoms with Crippen molar-refractivity contribution in [3.05, 3.63) is 52.3 Å². The average Bonchev–Trinajstić information content (AvgIpc) is 2.96. The Morgan fingerprint density at radius 1 is 1.27 bits per heavy atom. The van der Waals surface area contributed by atoms with Crippen LogP contribution in [-0.4, -0.2) is 59.4 Å². The number of amides is 1. The minimum atomic E-state index is -2.43. The zero-order valence-corrected chi connectivity index (χ0v) is 19.9. The van der Waals surface area contributed by atoms with Crippen LogP contribution < -0.4 is 15.4 Å². The van der Waals surface area contributed by atoms with Crippen molar-refractivity contribution < 1.29 is 22.7 Å². The number of ether oxygens (including phenoxy) is 1. The first-order chi connectivity index (χ1) is 15.8. The second-order valence-corrected chi connectivity index (χ2v) is 9.82. The lowest BCUT2D eigenvalue weighted by atomic mass is 9.73. The highest BCUT2D eigenvalue weighted by molar-refractivity contribution is 7.79. The summed E-state index contributed by atoms with van der Waals surface area (Å²) in [6.45, 7) is 2.62. The van der Waals surface area contributed by atoms with E-state index in [4.69, 9.17) is 22.1 Å². The topological polar surface area (TPSA) is 96.1 Å². The first-order valence-corrected chi connectivity index (χ1v) is 12.3. The molecule has 3 N–H and O–H groups in total. The average molecular weight is 496 g/mol. The number of nitrogens with two attached hydrogens (primary N) is 1. The van der Waals surface area contributed by atoms with Gasteiger partial charge >= 0.3 is 0 Å². The molecule has 1 spiro atoms. The quantitative estimate of drug-likeness (QED) is 0.573. The van der Waals surface area contributed by atoms with E-state index in [1.165, 1.54) is 0 Å². The number of carbonyl (C=O) groups is 1. The molecule has 1 atom stereocenters. The fourth-order valence-electron chi connectivity index (χ4n) is 4.91. The van der Waals surface area contributed by atoms with Gasteiger partial charge in [0.2, 0.25) is 5.91 Å². The van der Waals surface area contributed by atoms with E-state index in [0.717, 1.165) is 30.4 Å². The van der Waals surface area contributed by atoms with Gasteiger partial charge in [-0.25, -0.2) is 8.60 Å². The molecule has 178 valence electrons. The molecule has 0 aromatic heterocycles. The van der Waals surface area contributed by atoms with Crippen LogP contribution in [-0.2, 0) is 27.7 Å². The predicted molar refractivity (Wildman–Crippen MR) is 126 cm³/mol. The van der Waals surface area contributed by atoms with Gasteiger partial charge < -0.3 is 19.9 Å². The third kappa shape index (κ3) is 4.52. The number of piperidine rings is 1. The second kappa shape index (κ2) is 9.68. The van der Waals surface area contributed by atoms with Crippen molar-refractivity contribution >= 4 is 34.3 Å². The van der Waals surface area contributed by atoms with E-state index in [2.05, 4.69) is 4.90 Å². The van der Waals surface area contributed by atoms with Gasteiger partial charge in [0.25, 0.3) is 0 Å². The molecule has 7 nitrogen and oxygen atoms in total. The number of likely N-dealkylation sites (N-methyl/N-ethyl adjacent to an activating group) is 1. The van der Waals surface area contributed by atoms with E-state index in [1.54, 1.807) is 18.0 Å². The Bertz CT molecular complexity index is 1090. The number of rotatable bonds is 7. The predicted octanol–water partition coefficient (Wildman–Crippen LogP) is 2.95. The normalized spacial score (nSPS) is 18.6. The van der Waals surface area contributed by atoms with Gasteiger partial charge in [-0.15, -0.1) is 0 Å². The molecule has 1 saturated heterocycles. The fraction of sp³-hybridized carbons (Fsp3) is 0.435. The van der Waals surface area contributed by atoms with Crippen LogP contribution in [0.25, 0.3) is 0 Å². The SMILES string of the molecule is CN1C(=O)C2(CCN(CCOc3cc(F)c(S(=O)O)c(CCN)c3)CC2)c2cc(Cl)ccc21. The Morgan fingerprint density at radius 3 is 2.67 bits per heavy atom. The third-order valence-corrected chi connectivity index (χ3v) is 7.66. The molecule has 2 aromatic rings. The third-order valence-electron chi connectivity index (χ3n) is 6.62. The van der Waals surface area contributed by atoms with Crippen LogP contribution in [0.4, 0.5) is 10.1 Å². The van der Waals surface area contributed by atoms with Crippen LogP contribution in [0.15, 0.2) is 35.2 Å². The molecule has 1 fully saturated rings. The first-order valence-electron chi connectivity index (χ1n) is 10.8. The summed E-state index contributed by atoms with van der Waals surface area (Å²) in [5.74, 6) is -0.368. The lowest BCUT2D eigenvalue weighted by Crippen LogP contribution is -2.48. The number of benzene rings is 2. The molecule has 0 bridgehead atoms. The Hall–Kier alpha value is -2.04. The number of halogens is 2. The number of nitrogens with zero attached hydrogens (tertiary/aromatic N) is 2. The molecule has 4 rings (SSSR count). The van der Waals surface area contributed by atoms with Gasteiger partial charge in [-0.3, -0.25) is 9.69 Å². The first kappa shape index (κ1) is 24.1. The van der Waals surface area contributed by atoms with E-state index in [1.807, 2.05) is 18.2 Å². The van der Waals surface area contributed by atoms with Crippen LogP contribution in [0.5, 0.6) is 5.75 Å². The van der Waals surface area contributed by atoms with Crippen molar-refractivity contribution in [1.29, 1.82) is 0 Å². The van der Waals surface area contributed by atoms with Crippen LogP contribution in [0.1, 0.15) is 24.0 Å². The van der Waals surface area contributed by atoms with Gasteiger partial charge in [-0.2, -0.15) is 0 Å². The molecule has 2 aromatic carbocycles. The molecule has 2 aliphatic rings. The monoisotopic (exact) mass is 495 g/mol. The summed E-state index contributed by atoms with van der Waals surface area (Å²) in [6.07, 6.45) is 1.66. The van der Waals surface area contributed by atoms with Crippen LogP contribution in [0.2, 0.25) is 5.02 Å². The second-order valence-electron chi connectivity index (χ2n) is 8.48. The number of carbonyl (C=O) groups excluding carboxylic acids is 1. The molecule has 0 aliphatic carbocycles. The van der Waals surface area contributed by atoms with Crippen molar-refractivity contribution in [2.24, 2.45) is 5.73 Å². The van der Waals surface area contributed by atoms with E-state index < -0.39 is 22.3 Å². The van der Waals surface area contributed by atoms with Gasteiger partial charge in [0.1, 0.15) is 23.1 Å². The number of fused-ring (bicyclic) bond motifs is 2. The standard InChI is InChI=1S/C23H27ClFN3O4S/c1-27-20-3-2-16(24)13-18(20)23(22(27)29)5-8-28(9-6-23)10-11-32-17-12-15(4-7-26)21(33(30)31)19(25)14-17/h2-3,12-14H,4-11,26H2,1H3,(H,30,31). The van der Waals surface area contributed by atoms with E-state index in [-0.39, 0.29) is 23.8 Å². The van der Waals surface area contributed by atoms with Crippen molar-refractivity contribution in [3.63, 3.8) is 0 Å². The van der Waals surface area contributed by atoms with Gasteiger partial charge in [0.15, 0.2) is 11.1 Å². The van der Waals surface area contributed by atoms with E-state index in [0.29, 0.717) is 42.3 Å². The fourth-order valence-corrected chi connectivity index (χ4v) is 5.69. The molecule has 33 heavy (non-hydrogen) atoms. The maximum absolute atomic E-state index is 14.3. The summed E-state index contributed by atoms with van der Waals surface area (Å²) in [5.41, 5.74) is 7.30. The Kier molecular flexibility index (Phi) is 7.07. The van der Waals surface area contributed by atoms with E-state index >= 15 is 0 Å². The Labute approximate surface area is 199 Å².